The van der Waals surface area contributed by atoms with E-state index >= 15 is 0 Å². The number of fused-ring (bicyclic) bond motifs is 1. The standard InChI is InChI=1S/C19H23FN2O3/c1-19(2,3)25-18(23)22-10-7-14(8-11-22)24-17-6-9-21-16-12-13(20)4-5-15(16)17/h4-6,9,12,14H,7-8,10-11H2,1-3H3. The first-order chi connectivity index (χ1) is 11.8. The Bertz CT molecular complexity index is 765. The highest BCUT2D eigenvalue weighted by Gasteiger charge is 2.27. The average Bonchev–Trinajstić information content (AvgIpc) is 2.54. The van der Waals surface area contributed by atoms with Crippen molar-refractivity contribution in [2.24, 2.45) is 0 Å². The van der Waals surface area contributed by atoms with Gasteiger partial charge in [0.05, 0.1) is 5.52 Å². The maximum atomic E-state index is 13.3. The largest absolute Gasteiger partial charge is 0.490 e. The van der Waals surface area contributed by atoms with Crippen LogP contribution in [0.4, 0.5) is 9.18 Å². The summed E-state index contributed by atoms with van der Waals surface area (Å²) in [6.07, 6.45) is 2.80. The van der Waals surface area contributed by atoms with Crippen LogP contribution in [0.15, 0.2) is 30.5 Å². The van der Waals surface area contributed by atoms with Crippen molar-refractivity contribution in [1.82, 2.24) is 9.88 Å². The molecule has 1 amide bonds. The van der Waals surface area contributed by atoms with Gasteiger partial charge in [0.1, 0.15) is 23.3 Å². The number of nitrogens with zero attached hydrogens (tertiary/aromatic N) is 2. The number of likely N-dealkylation sites (tertiary alicyclic amines) is 1. The quantitative estimate of drug-likeness (QED) is 0.820. The molecule has 6 heteroatoms. The summed E-state index contributed by atoms with van der Waals surface area (Å²) >= 11 is 0. The van der Waals surface area contributed by atoms with Crippen molar-refractivity contribution in [3.05, 3.63) is 36.3 Å². The number of pyridine rings is 1. The first-order valence-corrected chi connectivity index (χ1v) is 8.51. The molecule has 1 saturated heterocycles. The first-order valence-electron chi connectivity index (χ1n) is 8.51. The van der Waals surface area contributed by atoms with Crippen LogP contribution in [-0.2, 0) is 4.74 Å². The highest BCUT2D eigenvalue weighted by atomic mass is 19.1. The van der Waals surface area contributed by atoms with Crippen molar-refractivity contribution in [1.29, 1.82) is 0 Å². The molecule has 0 radical (unpaired) electrons. The average molecular weight is 346 g/mol. The number of hydrogen-bond donors (Lipinski definition) is 0. The second-order valence-corrected chi connectivity index (χ2v) is 7.26. The Morgan fingerprint density at radius 3 is 2.64 bits per heavy atom. The van der Waals surface area contributed by atoms with E-state index in [0.717, 1.165) is 18.2 Å². The van der Waals surface area contributed by atoms with Gasteiger partial charge in [-0.05, 0) is 39.0 Å². The van der Waals surface area contributed by atoms with E-state index in [1.165, 1.54) is 12.1 Å². The zero-order chi connectivity index (χ0) is 18.0. The number of carbonyl (C=O) groups is 1. The van der Waals surface area contributed by atoms with Crippen LogP contribution < -0.4 is 4.74 Å². The molecule has 0 spiro atoms. The lowest BCUT2D eigenvalue weighted by atomic mass is 10.1. The summed E-state index contributed by atoms with van der Waals surface area (Å²) < 4.78 is 24.8. The van der Waals surface area contributed by atoms with E-state index < -0.39 is 5.60 Å². The SMILES string of the molecule is CC(C)(C)OC(=O)N1CCC(Oc2ccnc3cc(F)ccc23)CC1. The Morgan fingerprint density at radius 1 is 1.24 bits per heavy atom. The molecule has 134 valence electrons. The Kier molecular flexibility index (Phi) is 4.79. The third-order valence-corrected chi connectivity index (χ3v) is 4.05. The number of carbonyl (C=O) groups excluding carboxylic acids is 1. The fourth-order valence-corrected chi connectivity index (χ4v) is 2.86. The maximum absolute atomic E-state index is 13.3. The molecule has 2 aromatic rings. The van der Waals surface area contributed by atoms with Crippen molar-refractivity contribution in [2.45, 2.75) is 45.3 Å². The minimum absolute atomic E-state index is 0.00865. The molecule has 0 unspecified atom stereocenters. The lowest BCUT2D eigenvalue weighted by Crippen LogP contribution is -2.44. The van der Waals surface area contributed by atoms with Crippen LogP contribution in [0.25, 0.3) is 10.9 Å². The van der Waals surface area contributed by atoms with Crippen molar-refractivity contribution in [2.75, 3.05) is 13.1 Å². The number of piperidine rings is 1. The molecule has 25 heavy (non-hydrogen) atoms. The Morgan fingerprint density at radius 2 is 1.96 bits per heavy atom. The van der Waals surface area contributed by atoms with Gasteiger partial charge >= 0.3 is 6.09 Å². The smallest absolute Gasteiger partial charge is 0.410 e. The predicted octanol–water partition coefficient (Wildman–Crippen LogP) is 4.15. The number of rotatable bonds is 2. The van der Waals surface area contributed by atoms with E-state index in [9.17, 15) is 9.18 Å². The fraction of sp³-hybridized carbons (Fsp3) is 0.474. The van der Waals surface area contributed by atoms with Gasteiger partial charge in [-0.25, -0.2) is 9.18 Å². The summed E-state index contributed by atoms with van der Waals surface area (Å²) in [5.74, 6) is 0.378. The van der Waals surface area contributed by atoms with Crippen molar-refractivity contribution >= 4 is 17.0 Å². The van der Waals surface area contributed by atoms with E-state index in [2.05, 4.69) is 4.98 Å². The highest BCUT2D eigenvalue weighted by Crippen LogP contribution is 2.27. The van der Waals surface area contributed by atoms with Gasteiger partial charge in [0, 0.05) is 43.6 Å². The fourth-order valence-electron chi connectivity index (χ4n) is 2.86. The van der Waals surface area contributed by atoms with Crippen LogP contribution in [0, 0.1) is 5.82 Å². The molecule has 5 nitrogen and oxygen atoms in total. The Balaban J connectivity index is 1.62. The van der Waals surface area contributed by atoms with Crippen LogP contribution in [0.2, 0.25) is 0 Å². The second kappa shape index (κ2) is 6.86. The number of benzene rings is 1. The van der Waals surface area contributed by atoms with Gasteiger partial charge in [-0.15, -0.1) is 0 Å². The molecule has 0 saturated carbocycles. The number of amides is 1. The zero-order valence-corrected chi connectivity index (χ0v) is 14.8. The van der Waals surface area contributed by atoms with E-state index in [0.29, 0.717) is 24.4 Å². The maximum Gasteiger partial charge on any atom is 0.410 e. The number of hydrogen-bond acceptors (Lipinski definition) is 4. The van der Waals surface area contributed by atoms with E-state index in [1.54, 1.807) is 23.2 Å². The first kappa shape index (κ1) is 17.5. The van der Waals surface area contributed by atoms with E-state index in [-0.39, 0.29) is 18.0 Å². The molecular weight excluding hydrogens is 323 g/mol. The van der Waals surface area contributed by atoms with Gasteiger partial charge < -0.3 is 14.4 Å². The van der Waals surface area contributed by atoms with Gasteiger partial charge in [0.25, 0.3) is 0 Å². The molecule has 0 aliphatic carbocycles. The summed E-state index contributed by atoms with van der Waals surface area (Å²) in [6.45, 7) is 6.77. The molecular formula is C19H23FN2O3. The molecule has 2 heterocycles. The Labute approximate surface area is 146 Å². The van der Waals surface area contributed by atoms with Gasteiger partial charge in [-0.1, -0.05) is 0 Å². The summed E-state index contributed by atoms with van der Waals surface area (Å²) in [6, 6.07) is 6.28. The van der Waals surface area contributed by atoms with E-state index in [1.807, 2.05) is 20.8 Å². The lowest BCUT2D eigenvalue weighted by molar-refractivity contribution is 0.0128. The van der Waals surface area contributed by atoms with Gasteiger partial charge in [0.2, 0.25) is 0 Å². The third kappa shape index (κ3) is 4.38. The van der Waals surface area contributed by atoms with Gasteiger partial charge in [-0.3, -0.25) is 4.98 Å². The molecule has 0 bridgehead atoms. The number of ether oxygens (including phenoxy) is 2. The van der Waals surface area contributed by atoms with Crippen LogP contribution in [0.3, 0.4) is 0 Å². The third-order valence-electron chi connectivity index (χ3n) is 4.05. The van der Waals surface area contributed by atoms with Gasteiger partial charge in [-0.2, -0.15) is 0 Å². The molecule has 1 fully saturated rings. The summed E-state index contributed by atoms with van der Waals surface area (Å²) in [7, 11) is 0. The van der Waals surface area contributed by atoms with Crippen molar-refractivity contribution < 1.29 is 18.7 Å². The molecule has 1 aliphatic rings. The highest BCUT2D eigenvalue weighted by molar-refractivity contribution is 5.84. The molecule has 3 rings (SSSR count). The lowest BCUT2D eigenvalue weighted by Gasteiger charge is -2.33. The number of halogens is 1. The van der Waals surface area contributed by atoms with Crippen LogP contribution in [0.5, 0.6) is 5.75 Å². The van der Waals surface area contributed by atoms with Crippen LogP contribution in [0.1, 0.15) is 33.6 Å². The van der Waals surface area contributed by atoms with Crippen molar-refractivity contribution in [3.63, 3.8) is 0 Å². The van der Waals surface area contributed by atoms with Gasteiger partial charge in [0.15, 0.2) is 0 Å². The normalized spacial score (nSPS) is 16.1. The summed E-state index contributed by atoms with van der Waals surface area (Å²) in [5.41, 5.74) is 0.0824. The molecule has 1 aliphatic heterocycles. The minimum atomic E-state index is -0.490. The van der Waals surface area contributed by atoms with Crippen LogP contribution >= 0.6 is 0 Å². The summed E-state index contributed by atoms with van der Waals surface area (Å²) in [5, 5.41) is 0.790. The van der Waals surface area contributed by atoms with E-state index in [4.69, 9.17) is 9.47 Å². The molecule has 0 N–H and O–H groups in total. The topological polar surface area (TPSA) is 51.7 Å². The zero-order valence-electron chi connectivity index (χ0n) is 14.8. The van der Waals surface area contributed by atoms with Crippen molar-refractivity contribution in [3.8, 4) is 5.75 Å². The number of aromatic nitrogens is 1. The predicted molar refractivity (Wildman–Crippen MR) is 93.2 cm³/mol. The molecule has 0 atom stereocenters. The Hall–Kier alpha value is -2.37. The molecule has 1 aromatic heterocycles. The summed E-state index contributed by atoms with van der Waals surface area (Å²) in [4.78, 5) is 18.0. The molecule has 1 aromatic carbocycles. The van der Waals surface area contributed by atoms with Crippen LogP contribution in [-0.4, -0.2) is 40.8 Å². The monoisotopic (exact) mass is 346 g/mol. The second-order valence-electron chi connectivity index (χ2n) is 7.26. The minimum Gasteiger partial charge on any atom is -0.490 e.